The number of benzene rings is 10. The van der Waals surface area contributed by atoms with E-state index in [0.717, 1.165) is 22.3 Å². The Morgan fingerprint density at radius 1 is 0.262 bits per heavy atom. The second-order valence-electron chi connectivity index (χ2n) is 16.8. The van der Waals surface area contributed by atoms with Crippen LogP contribution in [0.3, 0.4) is 0 Å². The van der Waals surface area contributed by atoms with Gasteiger partial charge in [-0.25, -0.2) is 0 Å². The van der Waals surface area contributed by atoms with Crippen molar-refractivity contribution >= 4 is 76.9 Å². The van der Waals surface area contributed by atoms with Crippen LogP contribution in [0.1, 0.15) is 0 Å². The third-order valence-electron chi connectivity index (χ3n) is 13.2. The van der Waals surface area contributed by atoms with E-state index in [1.54, 1.807) is 0 Å². The molecular formula is C62H38N2Se. The molecule has 0 radical (unpaired) electrons. The van der Waals surface area contributed by atoms with Gasteiger partial charge in [-0.2, -0.15) is 0 Å². The summed E-state index contributed by atoms with van der Waals surface area (Å²) >= 11 is 0.168. The minimum atomic E-state index is 0.168. The molecule has 0 bridgehead atoms. The molecule has 65 heavy (non-hydrogen) atoms. The van der Waals surface area contributed by atoms with Gasteiger partial charge in [0.1, 0.15) is 0 Å². The number of rotatable bonds is 6. The molecular weight excluding hydrogens is 852 g/mol. The van der Waals surface area contributed by atoms with Gasteiger partial charge in [0.15, 0.2) is 0 Å². The van der Waals surface area contributed by atoms with Crippen LogP contribution < -0.4 is 0 Å². The molecule has 0 N–H and O–H groups in total. The van der Waals surface area contributed by atoms with E-state index in [1.165, 1.54) is 107 Å². The Bertz CT molecular complexity index is 3810. The fourth-order valence-corrected chi connectivity index (χ4v) is 12.8. The monoisotopic (exact) mass is 890 g/mol. The van der Waals surface area contributed by atoms with Crippen molar-refractivity contribution in [3.63, 3.8) is 0 Å². The number of hydrogen-bond donors (Lipinski definition) is 0. The molecule has 2 nitrogen and oxygen atoms in total. The maximum absolute atomic E-state index is 4.51. The van der Waals surface area contributed by atoms with Crippen molar-refractivity contribution in [2.45, 2.75) is 0 Å². The third kappa shape index (κ3) is 6.16. The topological polar surface area (TPSA) is 25.8 Å². The zero-order valence-corrected chi connectivity index (χ0v) is 37.0. The summed E-state index contributed by atoms with van der Waals surface area (Å²) in [6.45, 7) is 0. The molecule has 0 saturated carbocycles. The molecule has 13 rings (SSSR count). The van der Waals surface area contributed by atoms with Crippen molar-refractivity contribution < 1.29 is 0 Å². The van der Waals surface area contributed by atoms with Crippen molar-refractivity contribution in [1.29, 1.82) is 0 Å². The van der Waals surface area contributed by atoms with Crippen LogP contribution in [-0.2, 0) is 0 Å². The molecule has 10 aromatic carbocycles. The summed E-state index contributed by atoms with van der Waals surface area (Å²) in [5.74, 6) is 0. The van der Waals surface area contributed by atoms with Crippen LogP contribution in [0.4, 0.5) is 0 Å². The van der Waals surface area contributed by atoms with E-state index < -0.39 is 0 Å². The average Bonchev–Trinajstić information content (AvgIpc) is 3.76. The molecule has 0 aliphatic heterocycles. The van der Waals surface area contributed by atoms with Crippen LogP contribution in [0.25, 0.3) is 129 Å². The zero-order chi connectivity index (χ0) is 42.8. The molecule has 302 valence electrons. The van der Waals surface area contributed by atoms with Crippen LogP contribution in [0.2, 0.25) is 0 Å². The molecule has 0 amide bonds. The van der Waals surface area contributed by atoms with Gasteiger partial charge in [-0.05, 0) is 12.1 Å². The maximum atomic E-state index is 4.51. The molecule has 3 heteroatoms. The van der Waals surface area contributed by atoms with Gasteiger partial charge in [-0.3, -0.25) is 9.97 Å². The first kappa shape index (κ1) is 37.6. The van der Waals surface area contributed by atoms with Crippen LogP contribution in [0, 0.1) is 0 Å². The summed E-state index contributed by atoms with van der Waals surface area (Å²) in [6, 6.07) is 76.4. The van der Waals surface area contributed by atoms with Gasteiger partial charge in [0.2, 0.25) is 0 Å². The predicted molar refractivity (Wildman–Crippen MR) is 277 cm³/mol. The summed E-state index contributed by atoms with van der Waals surface area (Å²) in [7, 11) is 0. The Morgan fingerprint density at radius 3 is 1.22 bits per heavy atom. The molecule has 3 aromatic heterocycles. The Labute approximate surface area is 382 Å². The van der Waals surface area contributed by atoms with Crippen LogP contribution in [0.15, 0.2) is 231 Å². The van der Waals surface area contributed by atoms with Crippen LogP contribution in [0.5, 0.6) is 0 Å². The quantitative estimate of drug-likeness (QED) is 0.123. The van der Waals surface area contributed by atoms with E-state index in [4.69, 9.17) is 0 Å². The number of hydrogen-bond acceptors (Lipinski definition) is 2. The molecule has 0 saturated heterocycles. The van der Waals surface area contributed by atoms with Gasteiger partial charge >= 0.3 is 350 Å². The van der Waals surface area contributed by atoms with Gasteiger partial charge in [0, 0.05) is 12.4 Å². The molecule has 0 atom stereocenters. The van der Waals surface area contributed by atoms with E-state index in [1.807, 2.05) is 36.9 Å². The van der Waals surface area contributed by atoms with Gasteiger partial charge < -0.3 is 0 Å². The summed E-state index contributed by atoms with van der Waals surface area (Å²) in [5.41, 5.74) is 14.4. The molecule has 3 heterocycles. The van der Waals surface area contributed by atoms with Crippen LogP contribution in [-0.4, -0.2) is 24.5 Å². The SMILES string of the molecule is c1ccc(-c2c3ccccc3c(-c3ccc4[se]c5cccc(-c6c7ccccc7c(-c7cc(-c8cccnc8)cc(-c8cccnc8)c7)c7ccccc67)c5c4c3)c3ccccc23)cc1. The van der Waals surface area contributed by atoms with E-state index >= 15 is 0 Å². The Hall–Kier alpha value is -7.94. The number of aromatic nitrogens is 2. The normalized spacial score (nSPS) is 11.7. The molecule has 0 aliphatic carbocycles. The molecule has 0 aliphatic rings. The summed E-state index contributed by atoms with van der Waals surface area (Å²) in [6.07, 6.45) is 7.58. The number of pyridine rings is 2. The average molecular weight is 890 g/mol. The Balaban J connectivity index is 1.07. The second kappa shape index (κ2) is 15.4. The summed E-state index contributed by atoms with van der Waals surface area (Å²) in [5, 5.41) is 12.7. The Kier molecular flexibility index (Phi) is 8.91. The molecule has 0 fully saturated rings. The van der Waals surface area contributed by atoms with E-state index in [9.17, 15) is 0 Å². The Morgan fingerprint density at radius 2 is 0.708 bits per heavy atom. The summed E-state index contributed by atoms with van der Waals surface area (Å²) < 4.78 is 2.86. The third-order valence-corrected chi connectivity index (χ3v) is 15.6. The van der Waals surface area contributed by atoms with Crippen molar-refractivity contribution in [3.8, 4) is 66.8 Å². The van der Waals surface area contributed by atoms with Gasteiger partial charge in [0.25, 0.3) is 0 Å². The second-order valence-corrected chi connectivity index (χ2v) is 19.1. The predicted octanol–water partition coefficient (Wildman–Crippen LogP) is 16.5. The standard InChI is InChI=1S/C62H38N2Se/c1-2-15-39(16-3-1)58-46-19-4-6-21-48(46)59(49-22-7-5-20-47(49)58)40-29-30-56-55(36-40)62-54(27-12-28-57(62)65-56)61-52-25-10-8-23-50(52)60(51-24-9-11-26-53(51)61)45-34-43(41-17-13-31-63-37-41)33-44(35-45)42-18-14-32-64-38-42/h1-38H. The summed E-state index contributed by atoms with van der Waals surface area (Å²) in [4.78, 5) is 9.02. The zero-order valence-electron chi connectivity index (χ0n) is 35.2. The first-order valence-electron chi connectivity index (χ1n) is 22.1. The van der Waals surface area contributed by atoms with Gasteiger partial charge in [-0.1, -0.05) is 0 Å². The molecule has 13 aromatic rings. The van der Waals surface area contributed by atoms with Gasteiger partial charge in [-0.15, -0.1) is 0 Å². The fourth-order valence-electron chi connectivity index (χ4n) is 10.4. The first-order chi connectivity index (χ1) is 32.3. The minimum absolute atomic E-state index is 0.168. The van der Waals surface area contributed by atoms with Crippen molar-refractivity contribution in [1.82, 2.24) is 9.97 Å². The number of nitrogens with zero attached hydrogens (tertiary/aromatic N) is 2. The first-order valence-corrected chi connectivity index (χ1v) is 23.8. The fraction of sp³-hybridized carbons (Fsp3) is 0. The van der Waals surface area contributed by atoms with Crippen molar-refractivity contribution in [2.75, 3.05) is 0 Å². The van der Waals surface area contributed by atoms with Gasteiger partial charge in [0.05, 0.1) is 0 Å². The van der Waals surface area contributed by atoms with E-state index in [0.29, 0.717) is 0 Å². The molecule has 0 unspecified atom stereocenters. The van der Waals surface area contributed by atoms with E-state index in [2.05, 4.69) is 204 Å². The van der Waals surface area contributed by atoms with Crippen molar-refractivity contribution in [2.24, 2.45) is 0 Å². The van der Waals surface area contributed by atoms with Crippen LogP contribution >= 0.6 is 0 Å². The van der Waals surface area contributed by atoms with Crippen molar-refractivity contribution in [3.05, 3.63) is 231 Å². The molecule has 0 spiro atoms. The number of fused-ring (bicyclic) bond motifs is 7. The van der Waals surface area contributed by atoms with E-state index in [-0.39, 0.29) is 14.5 Å².